The van der Waals surface area contributed by atoms with Gasteiger partial charge in [0.1, 0.15) is 5.60 Å². The first-order valence-electron chi connectivity index (χ1n) is 10.8. The Morgan fingerprint density at radius 1 is 1.17 bits per heavy atom. The molecule has 3 N–H and O–H groups in total. The highest BCUT2D eigenvalue weighted by atomic mass is 16.6. The molecular formula is C25H34N2O3. The summed E-state index contributed by atoms with van der Waals surface area (Å²) in [5.74, 6) is -0.253. The molecule has 5 heteroatoms. The molecule has 0 saturated carbocycles. The van der Waals surface area contributed by atoms with Crippen LogP contribution in [0, 0.1) is 5.92 Å². The fourth-order valence-electron chi connectivity index (χ4n) is 3.91. The van der Waals surface area contributed by atoms with E-state index >= 15 is 0 Å². The topological polar surface area (TPSA) is 70.6 Å². The van der Waals surface area contributed by atoms with E-state index in [1.807, 2.05) is 51.1 Å². The fraction of sp³-hybridized carbons (Fsp3) is 0.480. The molecule has 2 aromatic rings. The van der Waals surface area contributed by atoms with Crippen LogP contribution < -0.4 is 10.6 Å². The molecule has 162 valence electrons. The summed E-state index contributed by atoms with van der Waals surface area (Å²) in [5, 5.41) is 18.1. The van der Waals surface area contributed by atoms with Crippen LogP contribution in [0.5, 0.6) is 0 Å². The molecule has 0 aromatic heterocycles. The Morgan fingerprint density at radius 2 is 1.87 bits per heavy atom. The minimum Gasteiger partial charge on any atom is -0.456 e. The predicted molar refractivity (Wildman–Crippen MR) is 121 cm³/mol. The number of piperidine rings is 1. The lowest BCUT2D eigenvalue weighted by Crippen LogP contribution is -2.53. The number of hydrogen-bond acceptors (Lipinski definition) is 5. The second kappa shape index (κ2) is 9.63. The first-order chi connectivity index (χ1) is 14.3. The molecule has 2 atom stereocenters. The summed E-state index contributed by atoms with van der Waals surface area (Å²) in [5.41, 5.74) is 1.43. The summed E-state index contributed by atoms with van der Waals surface area (Å²) < 4.78 is 5.42. The van der Waals surface area contributed by atoms with Crippen molar-refractivity contribution in [3.63, 3.8) is 0 Å². The average Bonchev–Trinajstić information content (AvgIpc) is 2.71. The standard InChI is InChI=1S/C25H34N2O3/c1-24(2,3)30-23(28)20-10-12-22(13-11-20)27-17-21(16-19-8-5-4-6-9-19)25(29)14-7-15-26-18-25/h4-6,8-13,21,26-27,29H,7,14-18H2,1-3H3. The number of hydrogen-bond donors (Lipinski definition) is 3. The molecule has 30 heavy (non-hydrogen) atoms. The molecule has 2 aromatic carbocycles. The highest BCUT2D eigenvalue weighted by Crippen LogP contribution is 2.29. The van der Waals surface area contributed by atoms with Gasteiger partial charge >= 0.3 is 5.97 Å². The van der Waals surface area contributed by atoms with Crippen LogP contribution in [0.3, 0.4) is 0 Å². The van der Waals surface area contributed by atoms with Gasteiger partial charge < -0.3 is 20.5 Å². The number of carbonyl (C=O) groups is 1. The molecule has 1 fully saturated rings. The van der Waals surface area contributed by atoms with Crippen molar-refractivity contribution in [1.29, 1.82) is 0 Å². The fourth-order valence-corrected chi connectivity index (χ4v) is 3.91. The van der Waals surface area contributed by atoms with Crippen molar-refractivity contribution in [3.05, 3.63) is 65.7 Å². The summed E-state index contributed by atoms with van der Waals surface area (Å²) in [6, 6.07) is 17.7. The summed E-state index contributed by atoms with van der Waals surface area (Å²) in [6.45, 7) is 7.80. The maximum absolute atomic E-state index is 12.2. The molecular weight excluding hydrogens is 376 g/mol. The average molecular weight is 411 g/mol. The Balaban J connectivity index is 1.67. The number of ether oxygens (including phenoxy) is 1. The predicted octanol–water partition coefficient (Wildman–Crippen LogP) is 4.03. The molecule has 1 aliphatic heterocycles. The third kappa shape index (κ3) is 6.31. The Morgan fingerprint density at radius 3 is 2.47 bits per heavy atom. The van der Waals surface area contributed by atoms with Gasteiger partial charge in [0, 0.05) is 24.7 Å². The van der Waals surface area contributed by atoms with Gasteiger partial charge in [-0.15, -0.1) is 0 Å². The SMILES string of the molecule is CC(C)(C)OC(=O)c1ccc(NCC(Cc2ccccc2)C2(O)CCCNC2)cc1. The van der Waals surface area contributed by atoms with Gasteiger partial charge in [-0.25, -0.2) is 4.79 Å². The first-order valence-corrected chi connectivity index (χ1v) is 10.8. The van der Waals surface area contributed by atoms with E-state index in [4.69, 9.17) is 4.74 Å². The second-order valence-corrected chi connectivity index (χ2v) is 9.23. The van der Waals surface area contributed by atoms with Crippen molar-refractivity contribution in [3.8, 4) is 0 Å². The monoisotopic (exact) mass is 410 g/mol. The lowest BCUT2D eigenvalue weighted by Gasteiger charge is -2.40. The molecule has 0 spiro atoms. The number of aliphatic hydroxyl groups is 1. The van der Waals surface area contributed by atoms with E-state index in [0.717, 1.165) is 31.5 Å². The molecule has 0 bridgehead atoms. The number of anilines is 1. The highest BCUT2D eigenvalue weighted by Gasteiger charge is 2.37. The molecule has 5 nitrogen and oxygen atoms in total. The van der Waals surface area contributed by atoms with Crippen LogP contribution in [-0.2, 0) is 11.2 Å². The molecule has 1 aliphatic rings. The lowest BCUT2D eigenvalue weighted by molar-refractivity contribution is -0.0331. The van der Waals surface area contributed by atoms with Crippen LogP contribution in [-0.4, -0.2) is 41.9 Å². The number of nitrogens with one attached hydrogen (secondary N) is 2. The van der Waals surface area contributed by atoms with Crippen LogP contribution in [0.15, 0.2) is 54.6 Å². The van der Waals surface area contributed by atoms with Crippen molar-refractivity contribution < 1.29 is 14.6 Å². The Labute approximate surface area is 179 Å². The highest BCUT2D eigenvalue weighted by molar-refractivity contribution is 5.90. The van der Waals surface area contributed by atoms with E-state index in [9.17, 15) is 9.90 Å². The Hall–Kier alpha value is -2.37. The zero-order chi connectivity index (χ0) is 21.6. The van der Waals surface area contributed by atoms with Gasteiger partial charge in [-0.1, -0.05) is 30.3 Å². The minimum absolute atomic E-state index is 0.0678. The third-order valence-corrected chi connectivity index (χ3v) is 5.55. The van der Waals surface area contributed by atoms with Crippen LogP contribution in [0.25, 0.3) is 0 Å². The minimum atomic E-state index is -0.739. The zero-order valence-corrected chi connectivity index (χ0v) is 18.3. The smallest absolute Gasteiger partial charge is 0.338 e. The van der Waals surface area contributed by atoms with Gasteiger partial charge in [0.25, 0.3) is 0 Å². The second-order valence-electron chi connectivity index (χ2n) is 9.23. The number of β-amino-alcohol motifs (C(OH)–C–C–N with tert-alkyl or cyclic N) is 1. The van der Waals surface area contributed by atoms with Crippen molar-refractivity contribution in [2.24, 2.45) is 5.92 Å². The van der Waals surface area contributed by atoms with Crippen LogP contribution in [0.2, 0.25) is 0 Å². The Kier molecular flexibility index (Phi) is 7.16. The number of rotatable bonds is 7. The van der Waals surface area contributed by atoms with Crippen molar-refractivity contribution in [2.45, 2.75) is 51.2 Å². The normalized spacial score (nSPS) is 20.4. The number of carbonyl (C=O) groups excluding carboxylic acids is 1. The molecule has 1 heterocycles. The maximum atomic E-state index is 12.2. The van der Waals surface area contributed by atoms with Gasteiger partial charge in [0.05, 0.1) is 11.2 Å². The molecule has 1 saturated heterocycles. The molecule has 0 radical (unpaired) electrons. The summed E-state index contributed by atoms with van der Waals surface area (Å²) in [4.78, 5) is 12.2. The number of esters is 1. The Bertz CT molecular complexity index is 807. The van der Waals surface area contributed by atoms with E-state index < -0.39 is 11.2 Å². The van der Waals surface area contributed by atoms with E-state index in [0.29, 0.717) is 18.7 Å². The van der Waals surface area contributed by atoms with Gasteiger partial charge in [-0.3, -0.25) is 0 Å². The van der Waals surface area contributed by atoms with Crippen LogP contribution >= 0.6 is 0 Å². The molecule has 0 amide bonds. The number of benzene rings is 2. The van der Waals surface area contributed by atoms with E-state index in [1.54, 1.807) is 12.1 Å². The molecule has 2 unspecified atom stereocenters. The van der Waals surface area contributed by atoms with Crippen LogP contribution in [0.4, 0.5) is 5.69 Å². The largest absolute Gasteiger partial charge is 0.456 e. The van der Waals surface area contributed by atoms with E-state index in [2.05, 4.69) is 22.8 Å². The van der Waals surface area contributed by atoms with E-state index in [-0.39, 0.29) is 11.9 Å². The molecule has 3 rings (SSSR count). The lowest BCUT2D eigenvalue weighted by atomic mass is 9.78. The van der Waals surface area contributed by atoms with Gasteiger partial charge in [-0.2, -0.15) is 0 Å². The molecule has 0 aliphatic carbocycles. The van der Waals surface area contributed by atoms with Gasteiger partial charge in [0.15, 0.2) is 0 Å². The summed E-state index contributed by atoms with van der Waals surface area (Å²) >= 11 is 0. The zero-order valence-electron chi connectivity index (χ0n) is 18.3. The van der Waals surface area contributed by atoms with Gasteiger partial charge in [0.2, 0.25) is 0 Å². The maximum Gasteiger partial charge on any atom is 0.338 e. The summed E-state index contributed by atoms with van der Waals surface area (Å²) in [7, 11) is 0. The van der Waals surface area contributed by atoms with Crippen molar-refractivity contribution in [2.75, 3.05) is 25.0 Å². The van der Waals surface area contributed by atoms with Crippen molar-refractivity contribution in [1.82, 2.24) is 5.32 Å². The van der Waals surface area contributed by atoms with Crippen molar-refractivity contribution >= 4 is 11.7 Å². The van der Waals surface area contributed by atoms with E-state index in [1.165, 1.54) is 5.56 Å². The third-order valence-electron chi connectivity index (χ3n) is 5.55. The first kappa shape index (κ1) is 22.3. The quantitative estimate of drug-likeness (QED) is 0.601. The van der Waals surface area contributed by atoms with Gasteiger partial charge in [-0.05, 0) is 76.4 Å². The van der Waals surface area contributed by atoms with Crippen LogP contribution in [0.1, 0.15) is 49.5 Å². The summed E-state index contributed by atoms with van der Waals surface area (Å²) in [6.07, 6.45) is 2.59.